The van der Waals surface area contributed by atoms with Crippen molar-refractivity contribution in [3.8, 4) is 11.3 Å². The molecular formula is C27H35N7O. The van der Waals surface area contributed by atoms with E-state index >= 15 is 0 Å². The molecule has 4 rings (SSSR count). The molecule has 0 aliphatic heterocycles. The molecular weight excluding hydrogens is 438 g/mol. The number of pyridine rings is 1. The van der Waals surface area contributed by atoms with Gasteiger partial charge in [-0.05, 0) is 49.4 Å². The van der Waals surface area contributed by atoms with Crippen molar-refractivity contribution < 1.29 is 5.11 Å². The summed E-state index contributed by atoms with van der Waals surface area (Å²) in [6, 6.07) is 12.6. The van der Waals surface area contributed by atoms with Crippen LogP contribution in [0.4, 0.5) is 11.8 Å². The number of nitrogens with zero attached hydrogens (tertiary/aromatic N) is 5. The summed E-state index contributed by atoms with van der Waals surface area (Å²) in [5, 5.41) is 16.4. The van der Waals surface area contributed by atoms with Crippen LogP contribution < -0.4 is 10.6 Å². The maximum atomic E-state index is 9.64. The lowest BCUT2D eigenvalue weighted by Gasteiger charge is -2.17. The van der Waals surface area contributed by atoms with Gasteiger partial charge in [-0.1, -0.05) is 45.0 Å². The molecule has 8 nitrogen and oxygen atoms in total. The van der Waals surface area contributed by atoms with E-state index in [1.807, 2.05) is 35.9 Å². The molecule has 8 heteroatoms. The molecule has 0 aliphatic carbocycles. The molecule has 4 aromatic rings. The van der Waals surface area contributed by atoms with Gasteiger partial charge in [-0.2, -0.15) is 9.97 Å². The van der Waals surface area contributed by atoms with Crippen LogP contribution in [0.5, 0.6) is 0 Å². The van der Waals surface area contributed by atoms with Gasteiger partial charge in [0.15, 0.2) is 17.0 Å². The number of aromatic nitrogens is 5. The van der Waals surface area contributed by atoms with Gasteiger partial charge in [0.2, 0.25) is 5.95 Å². The lowest BCUT2D eigenvalue weighted by molar-refractivity contribution is 0.271. The monoisotopic (exact) mass is 473 g/mol. The summed E-state index contributed by atoms with van der Waals surface area (Å²) in [4.78, 5) is 18.6. The minimum atomic E-state index is -0.108. The van der Waals surface area contributed by atoms with E-state index in [1.165, 1.54) is 5.56 Å². The van der Waals surface area contributed by atoms with Crippen LogP contribution in [0.1, 0.15) is 64.1 Å². The summed E-state index contributed by atoms with van der Waals surface area (Å²) in [6.45, 7) is 11.2. The predicted molar refractivity (Wildman–Crippen MR) is 142 cm³/mol. The Bertz CT molecular complexity index is 1260. The van der Waals surface area contributed by atoms with Gasteiger partial charge in [-0.25, -0.2) is 4.98 Å². The number of aliphatic hydroxyl groups is 1. The van der Waals surface area contributed by atoms with Crippen LogP contribution in [0.2, 0.25) is 0 Å². The van der Waals surface area contributed by atoms with Crippen molar-refractivity contribution in [1.82, 2.24) is 24.5 Å². The summed E-state index contributed by atoms with van der Waals surface area (Å²) < 4.78 is 2.03. The van der Waals surface area contributed by atoms with Crippen molar-refractivity contribution in [2.24, 2.45) is 0 Å². The van der Waals surface area contributed by atoms with E-state index in [0.717, 1.165) is 34.4 Å². The molecule has 1 aromatic carbocycles. The largest absolute Gasteiger partial charge is 0.394 e. The first-order valence-corrected chi connectivity index (χ1v) is 12.3. The average molecular weight is 474 g/mol. The van der Waals surface area contributed by atoms with Crippen LogP contribution in [0.3, 0.4) is 0 Å². The molecule has 0 saturated carbocycles. The van der Waals surface area contributed by atoms with Crippen LogP contribution >= 0.6 is 0 Å². The van der Waals surface area contributed by atoms with Crippen LogP contribution in [0.25, 0.3) is 22.4 Å². The van der Waals surface area contributed by atoms with Crippen LogP contribution in [0, 0.1) is 0 Å². The Hall–Kier alpha value is -3.52. The molecule has 184 valence electrons. The van der Waals surface area contributed by atoms with Crippen molar-refractivity contribution in [3.05, 3.63) is 60.0 Å². The molecule has 0 unspecified atom stereocenters. The number of nitrogens with one attached hydrogen (secondary N) is 2. The van der Waals surface area contributed by atoms with E-state index in [4.69, 9.17) is 9.97 Å². The van der Waals surface area contributed by atoms with Gasteiger partial charge in [-0.3, -0.25) is 4.98 Å². The second kappa shape index (κ2) is 10.8. The quantitative estimate of drug-likeness (QED) is 0.284. The number of rotatable bonds is 10. The number of imidazole rings is 1. The molecule has 1 atom stereocenters. The van der Waals surface area contributed by atoms with E-state index in [9.17, 15) is 5.11 Å². The molecule has 0 spiro atoms. The molecule has 0 aliphatic rings. The van der Waals surface area contributed by atoms with Gasteiger partial charge >= 0.3 is 0 Å². The maximum Gasteiger partial charge on any atom is 0.227 e. The zero-order valence-electron chi connectivity index (χ0n) is 21.2. The standard InChI is InChI=1S/C27H35N7O/c1-6-20(15-35)31-27-32-25(24-26(33-27)34(16-30-24)18(4)5)29-14-19-10-11-21(22(13-19)17(2)3)23-9-7-8-12-28-23/h7-13,16-18,20,35H,6,14-15H2,1-5H3,(H2,29,31,32,33)/t20-/m1/s1. The Labute approximate surface area is 206 Å². The highest BCUT2D eigenvalue weighted by atomic mass is 16.3. The molecule has 3 aromatic heterocycles. The lowest BCUT2D eigenvalue weighted by atomic mass is 9.93. The highest BCUT2D eigenvalue weighted by molar-refractivity contribution is 5.84. The summed E-state index contributed by atoms with van der Waals surface area (Å²) in [7, 11) is 0. The van der Waals surface area contributed by atoms with Crippen molar-refractivity contribution in [1.29, 1.82) is 0 Å². The number of fused-ring (bicyclic) bond motifs is 1. The number of hydrogen-bond acceptors (Lipinski definition) is 7. The first kappa shape index (κ1) is 24.6. The Balaban J connectivity index is 1.66. The zero-order chi connectivity index (χ0) is 24.9. The summed E-state index contributed by atoms with van der Waals surface area (Å²) in [6.07, 6.45) is 4.41. The van der Waals surface area contributed by atoms with Crippen molar-refractivity contribution in [2.75, 3.05) is 17.2 Å². The SMILES string of the molecule is CC[C@H](CO)Nc1nc(NCc2ccc(-c3ccccn3)c(C(C)C)c2)c2ncn(C(C)C)c2n1. The van der Waals surface area contributed by atoms with E-state index in [2.05, 4.69) is 66.5 Å². The molecule has 3 N–H and O–H groups in total. The average Bonchev–Trinajstić information content (AvgIpc) is 3.30. The second-order valence-corrected chi connectivity index (χ2v) is 9.39. The van der Waals surface area contributed by atoms with E-state index < -0.39 is 0 Å². The van der Waals surface area contributed by atoms with Gasteiger partial charge in [0.1, 0.15) is 0 Å². The summed E-state index contributed by atoms with van der Waals surface area (Å²) in [5.74, 6) is 1.51. The van der Waals surface area contributed by atoms with Gasteiger partial charge < -0.3 is 20.3 Å². The number of hydrogen-bond donors (Lipinski definition) is 3. The summed E-state index contributed by atoms with van der Waals surface area (Å²) in [5.41, 5.74) is 6.05. The first-order valence-electron chi connectivity index (χ1n) is 12.3. The van der Waals surface area contributed by atoms with Crippen molar-refractivity contribution in [3.63, 3.8) is 0 Å². The number of aliphatic hydroxyl groups excluding tert-OH is 1. The predicted octanol–water partition coefficient (Wildman–Crippen LogP) is 5.39. The third-order valence-electron chi connectivity index (χ3n) is 6.16. The van der Waals surface area contributed by atoms with E-state index in [1.54, 1.807) is 6.33 Å². The minimum absolute atomic E-state index is 0.0186. The smallest absolute Gasteiger partial charge is 0.227 e. The lowest BCUT2D eigenvalue weighted by Crippen LogP contribution is -2.24. The topological polar surface area (TPSA) is 101 Å². The van der Waals surface area contributed by atoms with Gasteiger partial charge in [0.25, 0.3) is 0 Å². The van der Waals surface area contributed by atoms with Crippen LogP contribution in [-0.4, -0.2) is 42.3 Å². The highest BCUT2D eigenvalue weighted by Crippen LogP contribution is 2.30. The fraction of sp³-hybridized carbons (Fsp3) is 0.407. The fourth-order valence-electron chi connectivity index (χ4n) is 4.08. The Morgan fingerprint density at radius 1 is 1.03 bits per heavy atom. The second-order valence-electron chi connectivity index (χ2n) is 9.39. The number of benzene rings is 1. The molecule has 0 bridgehead atoms. The Morgan fingerprint density at radius 3 is 2.51 bits per heavy atom. The van der Waals surface area contributed by atoms with Gasteiger partial charge in [0.05, 0.1) is 24.7 Å². The Morgan fingerprint density at radius 2 is 1.86 bits per heavy atom. The normalized spacial score (nSPS) is 12.5. The molecule has 35 heavy (non-hydrogen) atoms. The van der Waals surface area contributed by atoms with Crippen molar-refractivity contribution >= 4 is 22.9 Å². The molecule has 0 radical (unpaired) electrons. The highest BCUT2D eigenvalue weighted by Gasteiger charge is 2.17. The van der Waals surface area contributed by atoms with E-state index in [0.29, 0.717) is 24.2 Å². The molecule has 0 amide bonds. The molecule has 3 heterocycles. The Kier molecular flexibility index (Phi) is 7.60. The van der Waals surface area contributed by atoms with Crippen LogP contribution in [-0.2, 0) is 6.54 Å². The fourth-order valence-corrected chi connectivity index (χ4v) is 4.08. The van der Waals surface area contributed by atoms with Gasteiger partial charge in [-0.15, -0.1) is 0 Å². The van der Waals surface area contributed by atoms with Crippen molar-refractivity contribution in [2.45, 2.75) is 65.6 Å². The van der Waals surface area contributed by atoms with Gasteiger partial charge in [0, 0.05) is 24.3 Å². The first-order chi connectivity index (χ1) is 16.9. The van der Waals surface area contributed by atoms with E-state index in [-0.39, 0.29) is 18.7 Å². The third kappa shape index (κ3) is 5.43. The third-order valence-corrected chi connectivity index (χ3v) is 6.16. The van der Waals surface area contributed by atoms with Crippen LogP contribution in [0.15, 0.2) is 48.9 Å². The minimum Gasteiger partial charge on any atom is -0.394 e. The molecule has 0 fully saturated rings. The zero-order valence-corrected chi connectivity index (χ0v) is 21.2. The number of anilines is 2. The maximum absolute atomic E-state index is 9.64. The summed E-state index contributed by atoms with van der Waals surface area (Å²) >= 11 is 0. The molecule has 0 saturated heterocycles.